The van der Waals surface area contributed by atoms with Crippen LogP contribution in [-0.2, 0) is 0 Å². The van der Waals surface area contributed by atoms with E-state index in [0.29, 0.717) is 6.04 Å². The van der Waals surface area contributed by atoms with E-state index in [1.165, 1.54) is 96.8 Å². The van der Waals surface area contributed by atoms with Gasteiger partial charge in [0.2, 0.25) is 0 Å². The number of likely N-dealkylation sites (tertiary alicyclic amines) is 1. The van der Waals surface area contributed by atoms with Crippen molar-refractivity contribution in [2.24, 2.45) is 5.41 Å². The number of unbranched alkanes of at least 4 members (excludes halogenated alkanes) is 3. The van der Waals surface area contributed by atoms with Gasteiger partial charge in [-0.2, -0.15) is 0 Å². The van der Waals surface area contributed by atoms with Crippen LogP contribution in [0, 0.1) is 5.41 Å². The van der Waals surface area contributed by atoms with Gasteiger partial charge >= 0.3 is 0 Å². The lowest BCUT2D eigenvalue weighted by molar-refractivity contribution is 0.0670. The molecule has 1 N–H and O–H groups in total. The average molecular weight is 295 g/mol. The summed E-state index contributed by atoms with van der Waals surface area (Å²) in [5.41, 5.74) is 0.775. The molecule has 0 aromatic rings. The highest BCUT2D eigenvalue weighted by Crippen LogP contribution is 2.44. The SMILES string of the molecule is CC(C)NCCCCCCN1CCC2(CCCCC2)CC1. The first-order valence-electron chi connectivity index (χ1n) is 9.66. The maximum Gasteiger partial charge on any atom is 0.00103 e. The van der Waals surface area contributed by atoms with Crippen LogP contribution in [0.5, 0.6) is 0 Å². The van der Waals surface area contributed by atoms with Gasteiger partial charge in [-0.15, -0.1) is 0 Å². The van der Waals surface area contributed by atoms with Gasteiger partial charge in [0.1, 0.15) is 0 Å². The van der Waals surface area contributed by atoms with Crippen LogP contribution >= 0.6 is 0 Å². The molecule has 2 fully saturated rings. The molecule has 124 valence electrons. The monoisotopic (exact) mass is 294 g/mol. The number of rotatable bonds is 8. The fourth-order valence-corrected chi connectivity index (χ4v) is 4.26. The van der Waals surface area contributed by atoms with Crippen molar-refractivity contribution in [2.75, 3.05) is 26.2 Å². The van der Waals surface area contributed by atoms with E-state index in [2.05, 4.69) is 24.1 Å². The Kier molecular flexibility index (Phi) is 7.53. The molecule has 1 saturated heterocycles. The number of piperidine rings is 1. The zero-order valence-electron chi connectivity index (χ0n) is 14.6. The third-order valence-corrected chi connectivity index (χ3v) is 5.78. The van der Waals surface area contributed by atoms with Gasteiger partial charge in [-0.25, -0.2) is 0 Å². The van der Waals surface area contributed by atoms with Crippen LogP contribution in [0.4, 0.5) is 0 Å². The fourth-order valence-electron chi connectivity index (χ4n) is 4.26. The molecule has 0 bridgehead atoms. The second-order valence-corrected chi connectivity index (χ2v) is 7.93. The first-order valence-corrected chi connectivity index (χ1v) is 9.66. The predicted octanol–water partition coefficient (Wildman–Crippen LogP) is 4.59. The normalized spacial score (nSPS) is 23.0. The van der Waals surface area contributed by atoms with E-state index in [4.69, 9.17) is 0 Å². The van der Waals surface area contributed by atoms with Crippen LogP contribution in [-0.4, -0.2) is 37.1 Å². The minimum atomic E-state index is 0.644. The highest BCUT2D eigenvalue weighted by Gasteiger charge is 2.35. The molecule has 0 amide bonds. The summed E-state index contributed by atoms with van der Waals surface area (Å²) in [6, 6.07) is 0.644. The molecule has 1 spiro atoms. The zero-order chi connectivity index (χ0) is 15.0. The number of hydrogen-bond donors (Lipinski definition) is 1. The lowest BCUT2D eigenvalue weighted by Gasteiger charge is -2.44. The molecule has 2 rings (SSSR count). The van der Waals surface area contributed by atoms with Crippen molar-refractivity contribution in [1.82, 2.24) is 10.2 Å². The maximum atomic E-state index is 3.51. The highest BCUT2D eigenvalue weighted by molar-refractivity contribution is 4.88. The summed E-state index contributed by atoms with van der Waals surface area (Å²) >= 11 is 0. The summed E-state index contributed by atoms with van der Waals surface area (Å²) < 4.78 is 0. The highest BCUT2D eigenvalue weighted by atomic mass is 15.1. The second-order valence-electron chi connectivity index (χ2n) is 7.93. The van der Waals surface area contributed by atoms with Gasteiger partial charge in [0.15, 0.2) is 0 Å². The summed E-state index contributed by atoms with van der Waals surface area (Å²) in [4.78, 5) is 2.74. The van der Waals surface area contributed by atoms with Crippen molar-refractivity contribution in [1.29, 1.82) is 0 Å². The second kappa shape index (κ2) is 9.15. The van der Waals surface area contributed by atoms with Gasteiger partial charge in [-0.1, -0.05) is 46.0 Å². The van der Waals surface area contributed by atoms with Crippen LogP contribution in [0.2, 0.25) is 0 Å². The lowest BCUT2D eigenvalue weighted by atomic mass is 9.68. The average Bonchev–Trinajstić information content (AvgIpc) is 2.49. The third kappa shape index (κ3) is 6.28. The van der Waals surface area contributed by atoms with Crippen LogP contribution in [0.25, 0.3) is 0 Å². The summed E-state index contributed by atoms with van der Waals surface area (Å²) in [5.74, 6) is 0. The van der Waals surface area contributed by atoms with Gasteiger partial charge in [-0.3, -0.25) is 0 Å². The summed E-state index contributed by atoms with van der Waals surface area (Å²) in [7, 11) is 0. The Bertz CT molecular complexity index is 259. The maximum absolute atomic E-state index is 3.51. The van der Waals surface area contributed by atoms with Crippen LogP contribution in [0.15, 0.2) is 0 Å². The van der Waals surface area contributed by atoms with Gasteiger partial charge in [-0.05, 0) is 70.1 Å². The molecule has 1 saturated carbocycles. The topological polar surface area (TPSA) is 15.3 Å². The van der Waals surface area contributed by atoms with E-state index in [0.717, 1.165) is 5.41 Å². The predicted molar refractivity (Wildman–Crippen MR) is 92.8 cm³/mol. The molecule has 2 heteroatoms. The van der Waals surface area contributed by atoms with Gasteiger partial charge < -0.3 is 10.2 Å². The Morgan fingerprint density at radius 3 is 2.19 bits per heavy atom. The Morgan fingerprint density at radius 2 is 1.52 bits per heavy atom. The minimum Gasteiger partial charge on any atom is -0.315 e. The molecular formula is C19H38N2. The summed E-state index contributed by atoms with van der Waals surface area (Å²) in [5, 5.41) is 3.51. The van der Waals surface area contributed by atoms with Crippen molar-refractivity contribution in [2.45, 2.75) is 90.5 Å². The molecule has 1 aliphatic heterocycles. The molecule has 0 radical (unpaired) electrons. The first kappa shape index (κ1) is 17.3. The summed E-state index contributed by atoms with van der Waals surface area (Å²) in [6.07, 6.45) is 16.1. The molecule has 1 heterocycles. The van der Waals surface area contributed by atoms with Crippen molar-refractivity contribution < 1.29 is 0 Å². The minimum absolute atomic E-state index is 0.644. The largest absolute Gasteiger partial charge is 0.315 e. The fraction of sp³-hybridized carbons (Fsp3) is 1.00. The van der Waals surface area contributed by atoms with Crippen molar-refractivity contribution in [3.8, 4) is 0 Å². The summed E-state index contributed by atoms with van der Waals surface area (Å²) in [6.45, 7) is 9.78. The standard InChI is InChI=1S/C19H38N2/c1-18(2)20-14-8-3-4-9-15-21-16-12-19(13-17-21)10-6-5-7-11-19/h18,20H,3-17H2,1-2H3. The zero-order valence-corrected chi connectivity index (χ0v) is 14.6. The van der Waals surface area contributed by atoms with Crippen molar-refractivity contribution >= 4 is 0 Å². The Balaban J connectivity index is 1.47. The quantitative estimate of drug-likeness (QED) is 0.659. The molecule has 0 atom stereocenters. The van der Waals surface area contributed by atoms with Crippen LogP contribution in [0.3, 0.4) is 0 Å². The lowest BCUT2D eigenvalue weighted by Crippen LogP contribution is -2.41. The molecule has 21 heavy (non-hydrogen) atoms. The molecule has 2 nitrogen and oxygen atoms in total. The van der Waals surface area contributed by atoms with E-state index < -0.39 is 0 Å². The Labute approximate surface area is 133 Å². The first-order chi connectivity index (χ1) is 10.2. The Morgan fingerprint density at radius 1 is 0.857 bits per heavy atom. The van der Waals surface area contributed by atoms with Gasteiger partial charge in [0.05, 0.1) is 0 Å². The molecule has 0 aromatic heterocycles. The van der Waals surface area contributed by atoms with Crippen molar-refractivity contribution in [3.63, 3.8) is 0 Å². The molecular weight excluding hydrogens is 256 g/mol. The van der Waals surface area contributed by atoms with E-state index in [-0.39, 0.29) is 0 Å². The van der Waals surface area contributed by atoms with Crippen molar-refractivity contribution in [3.05, 3.63) is 0 Å². The molecule has 2 aliphatic rings. The van der Waals surface area contributed by atoms with Crippen LogP contribution < -0.4 is 5.32 Å². The molecule has 1 aliphatic carbocycles. The smallest absolute Gasteiger partial charge is 0.00103 e. The Hall–Kier alpha value is -0.0800. The van der Waals surface area contributed by atoms with Gasteiger partial charge in [0, 0.05) is 6.04 Å². The van der Waals surface area contributed by atoms with E-state index in [1.807, 2.05) is 0 Å². The van der Waals surface area contributed by atoms with Gasteiger partial charge in [0.25, 0.3) is 0 Å². The molecule has 0 aromatic carbocycles. The van der Waals surface area contributed by atoms with E-state index in [1.54, 1.807) is 0 Å². The van der Waals surface area contributed by atoms with E-state index >= 15 is 0 Å². The van der Waals surface area contributed by atoms with Crippen LogP contribution in [0.1, 0.15) is 84.5 Å². The third-order valence-electron chi connectivity index (χ3n) is 5.78. The molecule has 0 unspecified atom stereocenters. The van der Waals surface area contributed by atoms with E-state index in [9.17, 15) is 0 Å². The number of nitrogens with zero attached hydrogens (tertiary/aromatic N) is 1. The number of hydrogen-bond acceptors (Lipinski definition) is 2. The number of nitrogens with one attached hydrogen (secondary N) is 1.